The fourth-order valence-electron chi connectivity index (χ4n) is 1.65. The van der Waals surface area contributed by atoms with E-state index < -0.39 is 0 Å². The molecule has 0 aromatic heterocycles. The molecule has 0 radical (unpaired) electrons. The van der Waals surface area contributed by atoms with Gasteiger partial charge in [-0.2, -0.15) is 0 Å². The summed E-state index contributed by atoms with van der Waals surface area (Å²) >= 11 is 0. The Hall–Kier alpha value is -1.10. The summed E-state index contributed by atoms with van der Waals surface area (Å²) in [6.07, 6.45) is 1.38. The van der Waals surface area contributed by atoms with Crippen molar-refractivity contribution in [1.29, 1.82) is 0 Å². The van der Waals surface area contributed by atoms with Crippen LogP contribution in [0.5, 0.6) is 0 Å². The van der Waals surface area contributed by atoms with Gasteiger partial charge in [-0.1, -0.05) is 6.92 Å². The predicted molar refractivity (Wildman–Crippen MR) is 59.9 cm³/mol. The van der Waals surface area contributed by atoms with E-state index in [2.05, 4.69) is 10.1 Å². The van der Waals surface area contributed by atoms with E-state index >= 15 is 0 Å². The number of methoxy groups -OCH3 is 1. The van der Waals surface area contributed by atoms with Crippen LogP contribution in [0.4, 0.5) is 0 Å². The van der Waals surface area contributed by atoms with Gasteiger partial charge in [0.1, 0.15) is 6.54 Å². The number of nitrogens with one attached hydrogen (secondary N) is 1. The third-order valence-corrected chi connectivity index (χ3v) is 2.72. The molecule has 92 valence electrons. The highest BCUT2D eigenvalue weighted by atomic mass is 16.5. The molecule has 1 aliphatic heterocycles. The Kier molecular flexibility index (Phi) is 5.25. The first-order valence-electron chi connectivity index (χ1n) is 5.72. The number of carbonyl (C=O) groups is 2. The number of rotatable bonds is 6. The first kappa shape index (κ1) is 13.0. The fourth-order valence-corrected chi connectivity index (χ4v) is 1.65. The van der Waals surface area contributed by atoms with Crippen LogP contribution in [0.25, 0.3) is 0 Å². The van der Waals surface area contributed by atoms with Crippen molar-refractivity contribution in [1.82, 2.24) is 10.2 Å². The Labute approximate surface area is 96.1 Å². The number of amides is 1. The molecule has 1 fully saturated rings. The summed E-state index contributed by atoms with van der Waals surface area (Å²) < 4.78 is 4.58. The lowest BCUT2D eigenvalue weighted by molar-refractivity contribution is -0.147. The molecule has 0 unspecified atom stereocenters. The van der Waals surface area contributed by atoms with Crippen LogP contribution in [0.15, 0.2) is 0 Å². The van der Waals surface area contributed by atoms with E-state index in [-0.39, 0.29) is 18.4 Å². The third kappa shape index (κ3) is 3.81. The van der Waals surface area contributed by atoms with E-state index in [1.165, 1.54) is 7.11 Å². The van der Waals surface area contributed by atoms with Gasteiger partial charge in [-0.15, -0.1) is 0 Å². The van der Waals surface area contributed by atoms with Crippen molar-refractivity contribution in [3.63, 3.8) is 0 Å². The number of ether oxygens (including phenoxy) is 1. The van der Waals surface area contributed by atoms with Crippen molar-refractivity contribution in [2.75, 3.05) is 33.3 Å². The van der Waals surface area contributed by atoms with Gasteiger partial charge in [-0.25, -0.2) is 0 Å². The molecule has 0 bridgehead atoms. The molecule has 1 N–H and O–H groups in total. The van der Waals surface area contributed by atoms with Crippen LogP contribution in [-0.2, 0) is 14.3 Å². The standard InChI is InChI=1S/C11H20N2O3/c1-3-4-13(8-11(15)16-2)10(14)5-9-6-12-7-9/h9,12H,3-8H2,1-2H3. The highest BCUT2D eigenvalue weighted by molar-refractivity contribution is 5.82. The molecular formula is C11H20N2O3. The molecule has 0 spiro atoms. The van der Waals surface area contributed by atoms with Gasteiger partial charge in [0.05, 0.1) is 7.11 Å². The van der Waals surface area contributed by atoms with Gasteiger partial charge >= 0.3 is 5.97 Å². The highest BCUT2D eigenvalue weighted by Crippen LogP contribution is 2.10. The maximum Gasteiger partial charge on any atom is 0.325 e. The number of hydrogen-bond donors (Lipinski definition) is 1. The second-order valence-corrected chi connectivity index (χ2v) is 4.12. The van der Waals surface area contributed by atoms with Crippen molar-refractivity contribution < 1.29 is 14.3 Å². The Bertz CT molecular complexity index is 252. The van der Waals surface area contributed by atoms with Gasteiger partial charge in [0.15, 0.2) is 0 Å². The average molecular weight is 228 g/mol. The summed E-state index contributed by atoms with van der Waals surface area (Å²) in [7, 11) is 1.34. The zero-order chi connectivity index (χ0) is 12.0. The van der Waals surface area contributed by atoms with E-state index in [0.717, 1.165) is 19.5 Å². The molecular weight excluding hydrogens is 208 g/mol. The van der Waals surface area contributed by atoms with Crippen LogP contribution in [0.3, 0.4) is 0 Å². The normalized spacial score (nSPS) is 15.4. The molecule has 1 amide bonds. The second kappa shape index (κ2) is 6.48. The topological polar surface area (TPSA) is 58.6 Å². The van der Waals surface area contributed by atoms with Gasteiger partial charge in [-0.05, 0) is 25.4 Å². The first-order chi connectivity index (χ1) is 7.67. The highest BCUT2D eigenvalue weighted by Gasteiger charge is 2.24. The lowest BCUT2D eigenvalue weighted by Gasteiger charge is -2.29. The molecule has 16 heavy (non-hydrogen) atoms. The number of carbonyl (C=O) groups excluding carboxylic acids is 2. The summed E-state index contributed by atoms with van der Waals surface area (Å²) in [5.74, 6) is 0.136. The molecule has 0 aliphatic carbocycles. The molecule has 1 heterocycles. The summed E-state index contributed by atoms with van der Waals surface area (Å²) in [6, 6.07) is 0. The summed E-state index contributed by atoms with van der Waals surface area (Å²) in [5, 5.41) is 3.13. The monoisotopic (exact) mass is 228 g/mol. The second-order valence-electron chi connectivity index (χ2n) is 4.12. The minimum atomic E-state index is -0.353. The lowest BCUT2D eigenvalue weighted by atomic mass is 9.98. The number of esters is 1. The van der Waals surface area contributed by atoms with E-state index in [0.29, 0.717) is 18.9 Å². The predicted octanol–water partition coefficient (Wildman–Crippen LogP) is 0.00750. The Morgan fingerprint density at radius 1 is 1.44 bits per heavy atom. The van der Waals surface area contributed by atoms with Crippen molar-refractivity contribution in [3.05, 3.63) is 0 Å². The van der Waals surface area contributed by atoms with E-state index in [1.807, 2.05) is 6.92 Å². The molecule has 5 nitrogen and oxygen atoms in total. The van der Waals surface area contributed by atoms with Gasteiger partial charge in [0.2, 0.25) is 5.91 Å². The Morgan fingerprint density at radius 2 is 2.12 bits per heavy atom. The maximum absolute atomic E-state index is 11.9. The molecule has 5 heteroatoms. The third-order valence-electron chi connectivity index (χ3n) is 2.72. The zero-order valence-corrected chi connectivity index (χ0v) is 9.99. The van der Waals surface area contributed by atoms with Crippen LogP contribution in [0.2, 0.25) is 0 Å². The van der Waals surface area contributed by atoms with Gasteiger partial charge < -0.3 is 15.0 Å². The molecule has 0 saturated carbocycles. The molecule has 1 saturated heterocycles. The molecule has 0 aromatic carbocycles. The molecule has 1 rings (SSSR count). The number of hydrogen-bond acceptors (Lipinski definition) is 4. The van der Waals surface area contributed by atoms with Gasteiger partial charge in [0.25, 0.3) is 0 Å². The van der Waals surface area contributed by atoms with Crippen LogP contribution < -0.4 is 5.32 Å². The first-order valence-corrected chi connectivity index (χ1v) is 5.72. The van der Waals surface area contributed by atoms with E-state index in [1.54, 1.807) is 4.90 Å². The van der Waals surface area contributed by atoms with Gasteiger partial charge in [-0.3, -0.25) is 9.59 Å². The van der Waals surface area contributed by atoms with Crippen LogP contribution in [-0.4, -0.2) is 50.1 Å². The fraction of sp³-hybridized carbons (Fsp3) is 0.818. The molecule has 1 aliphatic rings. The van der Waals surface area contributed by atoms with Crippen LogP contribution in [0.1, 0.15) is 19.8 Å². The maximum atomic E-state index is 11.9. The lowest BCUT2D eigenvalue weighted by Crippen LogP contribution is -2.46. The molecule has 0 aromatic rings. The van der Waals surface area contributed by atoms with Crippen LogP contribution >= 0.6 is 0 Å². The minimum Gasteiger partial charge on any atom is -0.468 e. The van der Waals surface area contributed by atoms with Crippen molar-refractivity contribution in [2.24, 2.45) is 5.92 Å². The smallest absolute Gasteiger partial charge is 0.325 e. The summed E-state index contributed by atoms with van der Waals surface area (Å²) in [4.78, 5) is 24.6. The summed E-state index contributed by atoms with van der Waals surface area (Å²) in [6.45, 7) is 4.49. The minimum absolute atomic E-state index is 0.0544. The van der Waals surface area contributed by atoms with E-state index in [4.69, 9.17) is 0 Å². The van der Waals surface area contributed by atoms with E-state index in [9.17, 15) is 9.59 Å². The van der Waals surface area contributed by atoms with Crippen molar-refractivity contribution in [2.45, 2.75) is 19.8 Å². The quantitative estimate of drug-likeness (QED) is 0.650. The van der Waals surface area contributed by atoms with Gasteiger partial charge in [0, 0.05) is 13.0 Å². The Morgan fingerprint density at radius 3 is 2.56 bits per heavy atom. The van der Waals surface area contributed by atoms with Crippen LogP contribution in [0, 0.1) is 5.92 Å². The average Bonchev–Trinajstić information content (AvgIpc) is 2.22. The number of nitrogens with zero attached hydrogens (tertiary/aromatic N) is 1. The van der Waals surface area contributed by atoms with Crippen molar-refractivity contribution >= 4 is 11.9 Å². The SMILES string of the molecule is CCCN(CC(=O)OC)C(=O)CC1CNC1. The summed E-state index contributed by atoms with van der Waals surface area (Å²) in [5.41, 5.74) is 0. The van der Waals surface area contributed by atoms with Crippen molar-refractivity contribution in [3.8, 4) is 0 Å². The molecule has 0 atom stereocenters. The Balaban J connectivity index is 2.40. The largest absolute Gasteiger partial charge is 0.468 e. The zero-order valence-electron chi connectivity index (χ0n) is 9.99.